The molecule has 1 unspecified atom stereocenters. The predicted molar refractivity (Wildman–Crippen MR) is 156 cm³/mol. The Morgan fingerprint density at radius 2 is 1.83 bits per heavy atom. The van der Waals surface area contributed by atoms with Gasteiger partial charge in [0.15, 0.2) is 0 Å². The molecule has 0 spiro atoms. The first kappa shape index (κ1) is 34.2. The molecule has 228 valence electrons. The van der Waals surface area contributed by atoms with E-state index in [-0.39, 0.29) is 38.1 Å². The van der Waals surface area contributed by atoms with Crippen molar-refractivity contribution in [2.75, 3.05) is 46.0 Å². The van der Waals surface area contributed by atoms with Crippen molar-refractivity contribution in [3.8, 4) is 5.75 Å². The van der Waals surface area contributed by atoms with Crippen LogP contribution >= 0.6 is 12.4 Å². The molecule has 1 heterocycles. The Balaban J connectivity index is 0.00000616. The first-order valence-corrected chi connectivity index (χ1v) is 13.5. The number of ether oxygens (including phenoxy) is 3. The van der Waals surface area contributed by atoms with E-state index in [0.29, 0.717) is 55.2 Å². The predicted octanol–water partition coefficient (Wildman–Crippen LogP) is 3.77. The van der Waals surface area contributed by atoms with Crippen LogP contribution in [0.25, 0.3) is 6.08 Å². The van der Waals surface area contributed by atoms with Crippen LogP contribution in [0.4, 0.5) is 0 Å². The van der Waals surface area contributed by atoms with Crippen LogP contribution in [0.1, 0.15) is 53.8 Å². The number of hydrogen-bond donors (Lipinski definition) is 1. The van der Waals surface area contributed by atoms with Crippen LogP contribution in [-0.4, -0.2) is 73.8 Å². The Bertz CT molecular complexity index is 1200. The summed E-state index contributed by atoms with van der Waals surface area (Å²) in [6.07, 6.45) is 4.54. The minimum atomic E-state index is -0.928. The van der Waals surface area contributed by atoms with E-state index in [1.807, 2.05) is 11.8 Å². The SMILES string of the molecule is CCCCC(OC(=O)CN1CCOCC1)c1ccccc1C(=O)Oc1ccc(/C=C/C(=O)NCCO[N+](=O)[O-])cc1.Cl. The molecule has 1 aliphatic heterocycles. The average molecular weight is 606 g/mol. The molecule has 0 aliphatic carbocycles. The van der Waals surface area contributed by atoms with Crippen LogP contribution in [0.2, 0.25) is 0 Å². The number of carbonyl (C=O) groups is 3. The minimum absolute atomic E-state index is 0. The summed E-state index contributed by atoms with van der Waals surface area (Å²) < 4.78 is 16.8. The molecule has 1 saturated heterocycles. The Hall–Kier alpha value is -4.00. The molecule has 0 aromatic heterocycles. The van der Waals surface area contributed by atoms with E-state index < -0.39 is 23.1 Å². The molecular formula is C29H36ClN3O9. The molecule has 0 bridgehead atoms. The van der Waals surface area contributed by atoms with Gasteiger partial charge >= 0.3 is 11.9 Å². The van der Waals surface area contributed by atoms with Gasteiger partial charge in [-0.1, -0.05) is 43.7 Å². The lowest BCUT2D eigenvalue weighted by molar-refractivity contribution is -0.757. The van der Waals surface area contributed by atoms with Gasteiger partial charge in [0.25, 0.3) is 5.09 Å². The fraction of sp³-hybridized carbons (Fsp3) is 0.414. The number of rotatable bonds is 15. The maximum atomic E-state index is 13.2. The average Bonchev–Trinajstić information content (AvgIpc) is 2.97. The lowest BCUT2D eigenvalue weighted by Gasteiger charge is -2.27. The minimum Gasteiger partial charge on any atom is -0.457 e. The smallest absolute Gasteiger partial charge is 0.343 e. The molecule has 42 heavy (non-hydrogen) atoms. The standard InChI is InChI=1S/C29H35N3O9.ClH/c1-2-3-8-26(41-28(34)21-31-16-19-38-20-17-31)24-6-4-5-7-25(24)29(35)40-23-12-9-22(10-13-23)11-14-27(33)30-15-18-39-32(36)37;/h4-7,9-14,26H,2-3,8,15-21H2,1H3,(H,30,33);1H/b14-11+;. The van der Waals surface area contributed by atoms with E-state index in [4.69, 9.17) is 14.2 Å². The summed E-state index contributed by atoms with van der Waals surface area (Å²) in [5.74, 6) is -1.06. The number of unbranched alkanes of at least 4 members (excludes halogenated alkanes) is 1. The molecule has 13 heteroatoms. The van der Waals surface area contributed by atoms with Gasteiger partial charge in [-0.3, -0.25) is 14.5 Å². The molecule has 1 N–H and O–H groups in total. The first-order chi connectivity index (χ1) is 19.9. The van der Waals surface area contributed by atoms with Gasteiger partial charge in [0.2, 0.25) is 5.91 Å². The highest BCUT2D eigenvalue weighted by atomic mass is 35.5. The van der Waals surface area contributed by atoms with E-state index in [1.165, 1.54) is 6.08 Å². The molecule has 0 saturated carbocycles. The van der Waals surface area contributed by atoms with E-state index in [0.717, 1.165) is 12.8 Å². The number of esters is 2. The summed E-state index contributed by atoms with van der Waals surface area (Å²) in [4.78, 5) is 54.0. The molecule has 3 rings (SSSR count). The summed E-state index contributed by atoms with van der Waals surface area (Å²) in [6, 6.07) is 13.5. The third-order valence-corrected chi connectivity index (χ3v) is 6.19. The van der Waals surface area contributed by atoms with Gasteiger partial charge in [-0.15, -0.1) is 22.5 Å². The lowest BCUT2D eigenvalue weighted by atomic mass is 9.98. The van der Waals surface area contributed by atoms with Gasteiger partial charge in [-0.2, -0.15) is 0 Å². The first-order valence-electron chi connectivity index (χ1n) is 13.5. The largest absolute Gasteiger partial charge is 0.457 e. The van der Waals surface area contributed by atoms with Crippen molar-refractivity contribution in [3.05, 3.63) is 81.4 Å². The van der Waals surface area contributed by atoms with Crippen molar-refractivity contribution in [2.45, 2.75) is 32.3 Å². The van der Waals surface area contributed by atoms with Crippen LogP contribution in [0.3, 0.4) is 0 Å². The van der Waals surface area contributed by atoms with Gasteiger partial charge < -0.3 is 24.4 Å². The number of carbonyl (C=O) groups excluding carboxylic acids is 3. The van der Waals surface area contributed by atoms with E-state index in [9.17, 15) is 24.5 Å². The summed E-state index contributed by atoms with van der Waals surface area (Å²) in [6.45, 7) is 4.46. The summed E-state index contributed by atoms with van der Waals surface area (Å²) in [5.41, 5.74) is 1.58. The quantitative estimate of drug-likeness (QED) is 0.0794. The second kappa shape index (κ2) is 18.4. The summed E-state index contributed by atoms with van der Waals surface area (Å²) >= 11 is 0. The lowest BCUT2D eigenvalue weighted by Crippen LogP contribution is -2.40. The molecular weight excluding hydrogens is 570 g/mol. The fourth-order valence-electron chi connectivity index (χ4n) is 4.10. The third-order valence-electron chi connectivity index (χ3n) is 6.19. The molecule has 2 aromatic rings. The second-order valence-electron chi connectivity index (χ2n) is 9.24. The molecule has 2 aromatic carbocycles. The number of nitrogens with zero attached hydrogens (tertiary/aromatic N) is 2. The summed E-state index contributed by atoms with van der Waals surface area (Å²) in [5, 5.41) is 11.6. The van der Waals surface area contributed by atoms with Crippen LogP contribution in [0, 0.1) is 10.1 Å². The van der Waals surface area contributed by atoms with Crippen molar-refractivity contribution in [3.63, 3.8) is 0 Å². The van der Waals surface area contributed by atoms with Crippen LogP contribution < -0.4 is 10.1 Å². The zero-order valence-electron chi connectivity index (χ0n) is 23.4. The van der Waals surface area contributed by atoms with Gasteiger partial charge in [0.1, 0.15) is 18.5 Å². The van der Waals surface area contributed by atoms with Gasteiger partial charge in [0.05, 0.1) is 25.3 Å². The molecule has 1 amide bonds. The Morgan fingerprint density at radius 3 is 2.52 bits per heavy atom. The van der Waals surface area contributed by atoms with Gasteiger partial charge in [-0.05, 0) is 42.7 Å². The number of nitrogens with one attached hydrogen (secondary N) is 1. The van der Waals surface area contributed by atoms with Crippen molar-refractivity contribution in [1.82, 2.24) is 10.2 Å². The van der Waals surface area contributed by atoms with Gasteiger partial charge in [0, 0.05) is 31.3 Å². The number of morpholine rings is 1. The monoisotopic (exact) mass is 605 g/mol. The number of amides is 1. The number of benzene rings is 2. The molecule has 12 nitrogen and oxygen atoms in total. The highest BCUT2D eigenvalue weighted by Crippen LogP contribution is 2.28. The zero-order chi connectivity index (χ0) is 29.5. The fourth-order valence-corrected chi connectivity index (χ4v) is 4.10. The normalized spacial score (nSPS) is 13.9. The van der Waals surface area contributed by atoms with Crippen molar-refractivity contribution in [1.29, 1.82) is 0 Å². The van der Waals surface area contributed by atoms with E-state index in [1.54, 1.807) is 54.6 Å². The molecule has 1 fully saturated rings. The third kappa shape index (κ3) is 11.9. The van der Waals surface area contributed by atoms with E-state index in [2.05, 4.69) is 10.2 Å². The summed E-state index contributed by atoms with van der Waals surface area (Å²) in [7, 11) is 0. The molecule has 1 aliphatic rings. The highest BCUT2D eigenvalue weighted by Gasteiger charge is 2.25. The second-order valence-corrected chi connectivity index (χ2v) is 9.24. The van der Waals surface area contributed by atoms with Crippen molar-refractivity contribution < 1.29 is 38.5 Å². The topological polar surface area (TPSA) is 147 Å². The highest BCUT2D eigenvalue weighted by molar-refractivity contribution is 5.93. The number of halogens is 1. The van der Waals surface area contributed by atoms with Crippen molar-refractivity contribution >= 4 is 36.3 Å². The molecule has 0 radical (unpaired) electrons. The Kier molecular flexibility index (Phi) is 15.0. The van der Waals surface area contributed by atoms with Crippen LogP contribution in [0.5, 0.6) is 5.75 Å². The van der Waals surface area contributed by atoms with Gasteiger partial charge in [-0.25, -0.2) is 4.79 Å². The number of hydrogen-bond acceptors (Lipinski definition) is 10. The maximum Gasteiger partial charge on any atom is 0.343 e. The Labute approximate surface area is 250 Å². The van der Waals surface area contributed by atoms with E-state index >= 15 is 0 Å². The Morgan fingerprint density at radius 1 is 1.12 bits per heavy atom. The zero-order valence-corrected chi connectivity index (χ0v) is 24.2. The van der Waals surface area contributed by atoms with Crippen LogP contribution in [0.15, 0.2) is 54.6 Å². The van der Waals surface area contributed by atoms with Crippen molar-refractivity contribution in [2.24, 2.45) is 0 Å². The maximum absolute atomic E-state index is 13.2. The van der Waals surface area contributed by atoms with Crippen LogP contribution in [-0.2, 0) is 23.9 Å². The molecule has 1 atom stereocenters.